The van der Waals surface area contributed by atoms with E-state index in [1.807, 2.05) is 0 Å². The zero-order valence-corrected chi connectivity index (χ0v) is 9.45. The summed E-state index contributed by atoms with van der Waals surface area (Å²) < 4.78 is 27.1. The molecule has 1 aromatic carbocycles. The molecule has 0 fully saturated rings. The maximum absolute atomic E-state index is 13.0. The number of amides is 1. The Labute approximate surface area is 101 Å². The van der Waals surface area contributed by atoms with Crippen LogP contribution in [0.3, 0.4) is 0 Å². The number of nitrogens with two attached hydrogens (primary N) is 1. The number of hydrogen-bond donors (Lipinski definition) is 2. The average molecular weight is 252 g/mol. The van der Waals surface area contributed by atoms with E-state index in [-0.39, 0.29) is 11.3 Å². The zero-order valence-electron chi connectivity index (χ0n) is 9.45. The molecule has 0 saturated carbocycles. The molecule has 0 radical (unpaired) electrons. The Hall–Kier alpha value is -2.44. The third-order valence-electron chi connectivity index (χ3n) is 2.38. The minimum absolute atomic E-state index is 0.00509. The van der Waals surface area contributed by atoms with Gasteiger partial charge < -0.3 is 11.1 Å². The molecule has 2 rings (SSSR count). The van der Waals surface area contributed by atoms with Gasteiger partial charge in [0.15, 0.2) is 17.5 Å². The minimum atomic E-state index is -1.08. The van der Waals surface area contributed by atoms with Gasteiger partial charge in [0.1, 0.15) is 0 Å². The Morgan fingerprint density at radius 2 is 2.11 bits per heavy atom. The van der Waals surface area contributed by atoms with Gasteiger partial charge in [-0.1, -0.05) is 0 Å². The minimum Gasteiger partial charge on any atom is -0.394 e. The van der Waals surface area contributed by atoms with Gasteiger partial charge in [-0.25, -0.2) is 8.78 Å². The van der Waals surface area contributed by atoms with Crippen molar-refractivity contribution < 1.29 is 13.6 Å². The first-order valence-electron chi connectivity index (χ1n) is 5.03. The lowest BCUT2D eigenvalue weighted by Gasteiger charge is -2.06. The predicted molar refractivity (Wildman–Crippen MR) is 61.9 cm³/mol. The highest BCUT2D eigenvalue weighted by molar-refractivity contribution is 6.05. The highest BCUT2D eigenvalue weighted by Gasteiger charge is 2.13. The molecular formula is C11H10F2N4O. The van der Waals surface area contributed by atoms with E-state index in [1.54, 1.807) is 7.05 Å². The largest absolute Gasteiger partial charge is 0.394 e. The number of halogens is 2. The second kappa shape index (κ2) is 4.44. The predicted octanol–water partition coefficient (Wildman–Crippen LogP) is 1.53. The summed E-state index contributed by atoms with van der Waals surface area (Å²) in [4.78, 5) is 11.8. The molecule has 0 bridgehead atoms. The molecular weight excluding hydrogens is 242 g/mol. The molecule has 0 aliphatic carbocycles. The molecule has 0 spiro atoms. The van der Waals surface area contributed by atoms with Crippen LogP contribution in [0.2, 0.25) is 0 Å². The van der Waals surface area contributed by atoms with Crippen LogP contribution < -0.4 is 11.1 Å². The van der Waals surface area contributed by atoms with Gasteiger partial charge in [-0.3, -0.25) is 9.48 Å². The van der Waals surface area contributed by atoms with Crippen LogP contribution in [0.25, 0.3) is 0 Å². The molecule has 94 valence electrons. The van der Waals surface area contributed by atoms with E-state index in [0.29, 0.717) is 5.82 Å². The van der Waals surface area contributed by atoms with E-state index in [9.17, 15) is 13.6 Å². The van der Waals surface area contributed by atoms with Crippen molar-refractivity contribution in [3.05, 3.63) is 41.6 Å². The summed E-state index contributed by atoms with van der Waals surface area (Å²) in [7, 11) is 1.59. The molecule has 3 N–H and O–H groups in total. The van der Waals surface area contributed by atoms with E-state index < -0.39 is 17.5 Å². The molecule has 1 aromatic heterocycles. The number of aromatic nitrogens is 2. The Morgan fingerprint density at radius 1 is 1.39 bits per heavy atom. The van der Waals surface area contributed by atoms with E-state index in [0.717, 1.165) is 12.1 Å². The quantitative estimate of drug-likeness (QED) is 0.851. The summed E-state index contributed by atoms with van der Waals surface area (Å²) in [6, 6.07) is 2.88. The maximum Gasteiger partial charge on any atom is 0.256 e. The molecule has 0 saturated heterocycles. The summed E-state index contributed by atoms with van der Waals surface area (Å²) >= 11 is 0. The van der Waals surface area contributed by atoms with Crippen LogP contribution in [0, 0.1) is 11.6 Å². The topological polar surface area (TPSA) is 72.9 Å². The Kier molecular flexibility index (Phi) is 2.97. The van der Waals surface area contributed by atoms with Gasteiger partial charge >= 0.3 is 0 Å². The molecule has 0 aliphatic rings. The summed E-state index contributed by atoms with van der Waals surface area (Å²) in [6.45, 7) is 0. The highest BCUT2D eigenvalue weighted by Crippen LogP contribution is 2.17. The third kappa shape index (κ3) is 2.15. The molecule has 7 heteroatoms. The van der Waals surface area contributed by atoms with Crippen LogP contribution in [0.5, 0.6) is 0 Å². The molecule has 0 aliphatic heterocycles. The third-order valence-corrected chi connectivity index (χ3v) is 2.38. The lowest BCUT2D eigenvalue weighted by Crippen LogP contribution is -2.16. The molecule has 1 amide bonds. The van der Waals surface area contributed by atoms with Gasteiger partial charge in [0.25, 0.3) is 5.91 Å². The fourth-order valence-corrected chi connectivity index (χ4v) is 1.42. The van der Waals surface area contributed by atoms with E-state index in [4.69, 9.17) is 5.73 Å². The Balaban J connectivity index is 2.25. The van der Waals surface area contributed by atoms with Crippen molar-refractivity contribution in [2.24, 2.45) is 7.05 Å². The van der Waals surface area contributed by atoms with Crippen LogP contribution in [0.4, 0.5) is 20.3 Å². The Morgan fingerprint density at radius 3 is 2.67 bits per heavy atom. The van der Waals surface area contributed by atoms with Crippen molar-refractivity contribution in [2.75, 3.05) is 11.1 Å². The fourth-order valence-electron chi connectivity index (χ4n) is 1.42. The van der Waals surface area contributed by atoms with Crippen LogP contribution in [0.1, 0.15) is 10.4 Å². The first-order valence-corrected chi connectivity index (χ1v) is 5.03. The smallest absolute Gasteiger partial charge is 0.256 e. The SMILES string of the molecule is Cn1ncc(N)c1NC(=O)c1ccc(F)c(F)c1. The summed E-state index contributed by atoms with van der Waals surface area (Å²) in [5, 5.41) is 6.31. The van der Waals surface area contributed by atoms with Crippen molar-refractivity contribution in [1.29, 1.82) is 0 Å². The van der Waals surface area contributed by atoms with Crippen molar-refractivity contribution in [1.82, 2.24) is 9.78 Å². The maximum atomic E-state index is 13.0. The first kappa shape index (κ1) is 12.0. The van der Waals surface area contributed by atoms with E-state index in [2.05, 4.69) is 10.4 Å². The number of rotatable bonds is 2. The number of carbonyl (C=O) groups excluding carboxylic acids is 1. The van der Waals surface area contributed by atoms with Gasteiger partial charge in [0, 0.05) is 12.6 Å². The number of nitrogens with zero attached hydrogens (tertiary/aromatic N) is 2. The van der Waals surface area contributed by atoms with Crippen molar-refractivity contribution in [3.8, 4) is 0 Å². The lowest BCUT2D eigenvalue weighted by atomic mass is 10.2. The monoisotopic (exact) mass is 252 g/mol. The van der Waals surface area contributed by atoms with Gasteiger partial charge in [0.05, 0.1) is 11.9 Å². The number of nitrogens with one attached hydrogen (secondary N) is 1. The van der Waals surface area contributed by atoms with Gasteiger partial charge in [-0.05, 0) is 18.2 Å². The van der Waals surface area contributed by atoms with Crippen LogP contribution >= 0.6 is 0 Å². The standard InChI is InChI=1S/C11H10F2N4O/c1-17-10(9(14)5-15-17)16-11(18)6-2-3-7(12)8(13)4-6/h2-5H,14H2,1H3,(H,16,18). The zero-order chi connectivity index (χ0) is 13.3. The number of carbonyl (C=O) groups is 1. The second-order valence-corrected chi connectivity index (χ2v) is 3.66. The van der Waals surface area contributed by atoms with Crippen LogP contribution in [0.15, 0.2) is 24.4 Å². The molecule has 1 heterocycles. The summed E-state index contributed by atoms with van der Waals surface area (Å²) in [5.41, 5.74) is 5.87. The van der Waals surface area contributed by atoms with Gasteiger partial charge in [0.2, 0.25) is 0 Å². The van der Waals surface area contributed by atoms with Crippen molar-refractivity contribution in [2.45, 2.75) is 0 Å². The average Bonchev–Trinajstić information content (AvgIpc) is 2.64. The van der Waals surface area contributed by atoms with E-state index in [1.165, 1.54) is 16.9 Å². The molecule has 2 aromatic rings. The lowest BCUT2D eigenvalue weighted by molar-refractivity contribution is 0.102. The summed E-state index contributed by atoms with van der Waals surface area (Å²) in [6.07, 6.45) is 1.38. The summed E-state index contributed by atoms with van der Waals surface area (Å²) in [5.74, 6) is -2.39. The molecule has 0 unspecified atom stereocenters. The molecule has 0 atom stereocenters. The highest BCUT2D eigenvalue weighted by atomic mass is 19.2. The normalized spacial score (nSPS) is 10.4. The van der Waals surface area contributed by atoms with Gasteiger partial charge in [-0.15, -0.1) is 0 Å². The number of anilines is 2. The van der Waals surface area contributed by atoms with Crippen LogP contribution in [-0.4, -0.2) is 15.7 Å². The number of nitrogen functional groups attached to an aromatic ring is 1. The fraction of sp³-hybridized carbons (Fsp3) is 0.0909. The van der Waals surface area contributed by atoms with Crippen LogP contribution in [-0.2, 0) is 7.05 Å². The van der Waals surface area contributed by atoms with E-state index >= 15 is 0 Å². The second-order valence-electron chi connectivity index (χ2n) is 3.66. The first-order chi connectivity index (χ1) is 8.49. The van der Waals surface area contributed by atoms with Crippen molar-refractivity contribution in [3.63, 3.8) is 0 Å². The van der Waals surface area contributed by atoms with Crippen molar-refractivity contribution >= 4 is 17.4 Å². The number of hydrogen-bond acceptors (Lipinski definition) is 3. The number of aryl methyl sites for hydroxylation is 1. The molecule has 18 heavy (non-hydrogen) atoms. The number of benzene rings is 1. The van der Waals surface area contributed by atoms with Gasteiger partial charge in [-0.2, -0.15) is 5.10 Å². The Bertz CT molecular complexity index is 590. The molecule has 5 nitrogen and oxygen atoms in total.